The number of benzene rings is 3. The average molecular weight is 426 g/mol. The van der Waals surface area contributed by atoms with E-state index in [1.807, 2.05) is 42.8 Å². The fourth-order valence-corrected chi connectivity index (χ4v) is 4.67. The quantitative estimate of drug-likeness (QED) is 0.506. The molecule has 6 heteroatoms. The summed E-state index contributed by atoms with van der Waals surface area (Å²) in [5.74, 6) is 1.65. The fraction of sp³-hybridized carbons (Fsp3) is 0.208. The normalized spacial score (nSPS) is 11.2. The molecule has 0 atom stereocenters. The Morgan fingerprint density at radius 2 is 1.40 bits per heavy atom. The number of hydrogen-bond acceptors (Lipinski definition) is 5. The van der Waals surface area contributed by atoms with Gasteiger partial charge in [-0.2, -0.15) is 0 Å². The Morgan fingerprint density at radius 1 is 0.800 bits per heavy atom. The zero-order chi connectivity index (χ0) is 21.6. The summed E-state index contributed by atoms with van der Waals surface area (Å²) < 4.78 is 41.8. The number of rotatable bonds is 9. The van der Waals surface area contributed by atoms with Gasteiger partial charge in [-0.1, -0.05) is 42.5 Å². The number of methoxy groups -OCH3 is 3. The fourth-order valence-electron chi connectivity index (χ4n) is 3.26. The van der Waals surface area contributed by atoms with Crippen molar-refractivity contribution in [2.24, 2.45) is 0 Å². The summed E-state index contributed by atoms with van der Waals surface area (Å²) in [5.41, 5.74) is 2.60. The molecule has 5 nitrogen and oxygen atoms in total. The van der Waals surface area contributed by atoms with E-state index in [0.29, 0.717) is 28.6 Å². The van der Waals surface area contributed by atoms with Gasteiger partial charge in [0.1, 0.15) is 0 Å². The predicted octanol–water partition coefficient (Wildman–Crippen LogP) is 4.48. The summed E-state index contributed by atoms with van der Waals surface area (Å²) in [4.78, 5) is 0.324. The second-order valence-corrected chi connectivity index (χ2v) is 8.70. The second kappa shape index (κ2) is 9.67. The van der Waals surface area contributed by atoms with Crippen molar-refractivity contribution in [1.82, 2.24) is 0 Å². The van der Waals surface area contributed by atoms with Crippen molar-refractivity contribution in [1.29, 1.82) is 0 Å². The molecule has 0 heterocycles. The number of hydrogen-bond donors (Lipinski definition) is 0. The van der Waals surface area contributed by atoms with E-state index in [-0.39, 0.29) is 5.75 Å². The van der Waals surface area contributed by atoms with E-state index in [1.165, 1.54) is 0 Å². The minimum Gasteiger partial charge on any atom is -0.493 e. The van der Waals surface area contributed by atoms with Crippen molar-refractivity contribution in [2.45, 2.75) is 17.1 Å². The van der Waals surface area contributed by atoms with Crippen molar-refractivity contribution in [3.8, 4) is 17.2 Å². The smallest absolute Gasteiger partial charge is 0.203 e. The molecule has 0 spiro atoms. The van der Waals surface area contributed by atoms with Gasteiger partial charge in [0.15, 0.2) is 21.3 Å². The van der Waals surface area contributed by atoms with E-state index in [0.717, 1.165) is 16.7 Å². The summed E-state index contributed by atoms with van der Waals surface area (Å²) >= 11 is 0. The summed E-state index contributed by atoms with van der Waals surface area (Å²) in [6, 6.07) is 19.8. The molecule has 0 unspecified atom stereocenters. The Bertz CT molecular complexity index is 1070. The first kappa shape index (κ1) is 21.7. The molecule has 0 amide bonds. The molecule has 30 heavy (non-hydrogen) atoms. The Kier molecular flexibility index (Phi) is 7.00. The SMILES string of the molecule is COc1cc(C[CH]c2ccccc2CS(=O)(=O)c2ccccc2)cc(OC)c1OC. The third-order valence-electron chi connectivity index (χ3n) is 4.79. The van der Waals surface area contributed by atoms with E-state index < -0.39 is 9.84 Å². The van der Waals surface area contributed by atoms with Crippen LogP contribution < -0.4 is 14.2 Å². The molecule has 0 saturated heterocycles. The highest BCUT2D eigenvalue weighted by atomic mass is 32.2. The van der Waals surface area contributed by atoms with Gasteiger partial charge in [0.05, 0.1) is 32.0 Å². The predicted molar refractivity (Wildman–Crippen MR) is 117 cm³/mol. The van der Waals surface area contributed by atoms with Crippen molar-refractivity contribution in [2.75, 3.05) is 21.3 Å². The first-order valence-corrected chi connectivity index (χ1v) is 11.1. The van der Waals surface area contributed by atoms with Gasteiger partial charge in [0, 0.05) is 0 Å². The van der Waals surface area contributed by atoms with Crippen LogP contribution in [0, 0.1) is 6.42 Å². The third kappa shape index (κ3) is 4.94. The van der Waals surface area contributed by atoms with Gasteiger partial charge < -0.3 is 14.2 Å². The molecule has 3 aromatic carbocycles. The van der Waals surface area contributed by atoms with Crippen molar-refractivity contribution in [3.63, 3.8) is 0 Å². The van der Waals surface area contributed by atoms with Crippen LogP contribution in [-0.2, 0) is 22.0 Å². The molecule has 0 aliphatic carbocycles. The molecular weight excluding hydrogens is 400 g/mol. The molecule has 0 bridgehead atoms. The van der Waals surface area contributed by atoms with E-state index in [9.17, 15) is 8.42 Å². The molecule has 0 fully saturated rings. The number of sulfone groups is 1. The molecule has 0 aliphatic heterocycles. The minimum absolute atomic E-state index is 0.0566. The van der Waals surface area contributed by atoms with E-state index >= 15 is 0 Å². The highest BCUT2D eigenvalue weighted by molar-refractivity contribution is 7.90. The number of ether oxygens (including phenoxy) is 3. The summed E-state index contributed by atoms with van der Waals surface area (Å²) in [6.45, 7) is 0. The van der Waals surface area contributed by atoms with Crippen LogP contribution in [0.1, 0.15) is 16.7 Å². The van der Waals surface area contributed by atoms with Crippen molar-refractivity contribution < 1.29 is 22.6 Å². The van der Waals surface area contributed by atoms with E-state index in [2.05, 4.69) is 0 Å². The topological polar surface area (TPSA) is 61.8 Å². The highest BCUT2D eigenvalue weighted by Crippen LogP contribution is 2.38. The Balaban J connectivity index is 1.83. The molecular formula is C24H25O5S. The van der Waals surface area contributed by atoms with Gasteiger partial charge in [0.2, 0.25) is 5.75 Å². The van der Waals surface area contributed by atoms with Crippen LogP contribution in [-0.4, -0.2) is 29.7 Å². The lowest BCUT2D eigenvalue weighted by molar-refractivity contribution is 0.324. The lowest BCUT2D eigenvalue weighted by Crippen LogP contribution is -2.07. The molecule has 0 aliphatic rings. The van der Waals surface area contributed by atoms with Crippen LogP contribution in [0.3, 0.4) is 0 Å². The van der Waals surface area contributed by atoms with Crippen molar-refractivity contribution in [3.05, 3.63) is 89.8 Å². The monoisotopic (exact) mass is 425 g/mol. The Labute approximate surface area is 178 Å². The van der Waals surface area contributed by atoms with Crippen LogP contribution in [0.5, 0.6) is 17.2 Å². The molecule has 157 valence electrons. The summed E-state index contributed by atoms with van der Waals surface area (Å²) in [7, 11) is 1.30. The van der Waals surface area contributed by atoms with Gasteiger partial charge in [-0.15, -0.1) is 0 Å². The molecule has 0 saturated carbocycles. The van der Waals surface area contributed by atoms with Gasteiger partial charge in [-0.05, 0) is 53.8 Å². The standard InChI is InChI=1S/C24H25O5S/c1-27-22-15-18(16-23(28-2)24(22)29-3)13-14-19-9-7-8-10-20(19)17-30(25,26)21-11-5-4-6-12-21/h4-12,14-16H,13,17H2,1-3H3. The van der Waals surface area contributed by atoms with Gasteiger partial charge in [0.25, 0.3) is 0 Å². The van der Waals surface area contributed by atoms with Crippen LogP contribution in [0.4, 0.5) is 0 Å². The van der Waals surface area contributed by atoms with Gasteiger partial charge in [-0.25, -0.2) is 8.42 Å². The average Bonchev–Trinajstić information content (AvgIpc) is 2.78. The molecule has 0 N–H and O–H groups in total. The Morgan fingerprint density at radius 3 is 2.00 bits per heavy atom. The molecule has 1 radical (unpaired) electrons. The first-order chi connectivity index (χ1) is 14.5. The molecule has 3 rings (SSSR count). The van der Waals surface area contributed by atoms with Crippen LogP contribution in [0.2, 0.25) is 0 Å². The summed E-state index contributed by atoms with van der Waals surface area (Å²) in [6.07, 6.45) is 2.59. The molecule has 3 aromatic rings. The lowest BCUT2D eigenvalue weighted by Gasteiger charge is -2.15. The van der Waals surface area contributed by atoms with Gasteiger partial charge >= 0.3 is 0 Å². The third-order valence-corrected chi connectivity index (χ3v) is 6.47. The van der Waals surface area contributed by atoms with Crippen LogP contribution in [0.15, 0.2) is 71.6 Å². The zero-order valence-electron chi connectivity index (χ0n) is 17.3. The maximum atomic E-state index is 12.8. The van der Waals surface area contributed by atoms with E-state index in [1.54, 1.807) is 51.7 Å². The second-order valence-electron chi connectivity index (χ2n) is 6.71. The van der Waals surface area contributed by atoms with E-state index in [4.69, 9.17) is 14.2 Å². The highest BCUT2D eigenvalue weighted by Gasteiger charge is 2.18. The van der Waals surface area contributed by atoms with Crippen molar-refractivity contribution >= 4 is 9.84 Å². The summed E-state index contributed by atoms with van der Waals surface area (Å²) in [5, 5.41) is 0. The largest absolute Gasteiger partial charge is 0.493 e. The van der Waals surface area contributed by atoms with Crippen LogP contribution >= 0.6 is 0 Å². The Hall–Kier alpha value is -2.99. The first-order valence-electron chi connectivity index (χ1n) is 9.46. The maximum Gasteiger partial charge on any atom is 0.203 e. The van der Waals surface area contributed by atoms with Crippen LogP contribution in [0.25, 0.3) is 0 Å². The molecule has 0 aromatic heterocycles. The zero-order valence-corrected chi connectivity index (χ0v) is 18.1. The minimum atomic E-state index is -3.43. The van der Waals surface area contributed by atoms with Gasteiger partial charge in [-0.3, -0.25) is 0 Å². The lowest BCUT2D eigenvalue weighted by atomic mass is 10.00. The maximum absolute atomic E-state index is 12.8.